The zero-order chi connectivity index (χ0) is 21.2. The van der Waals surface area contributed by atoms with Gasteiger partial charge in [-0.3, -0.25) is 9.78 Å². The first-order valence-electron chi connectivity index (χ1n) is 10.7. The number of amides is 1. The predicted octanol–water partition coefficient (Wildman–Crippen LogP) is 3.49. The van der Waals surface area contributed by atoms with Crippen LogP contribution in [0, 0.1) is 0 Å². The van der Waals surface area contributed by atoms with Crippen LogP contribution in [-0.4, -0.2) is 40.4 Å². The molecule has 2 aliphatic heterocycles. The minimum Gasteiger partial charge on any atom is -0.383 e. The van der Waals surface area contributed by atoms with E-state index < -0.39 is 0 Å². The van der Waals surface area contributed by atoms with Crippen LogP contribution in [0.3, 0.4) is 0 Å². The minimum absolute atomic E-state index is 0.124. The molecule has 2 aliphatic rings. The summed E-state index contributed by atoms with van der Waals surface area (Å²) in [5.41, 5.74) is 10.2. The molecule has 0 bridgehead atoms. The lowest BCUT2D eigenvalue weighted by Crippen LogP contribution is -2.40. The Morgan fingerprint density at radius 1 is 1.10 bits per heavy atom. The number of carbonyl (C=O) groups is 1. The lowest BCUT2D eigenvalue weighted by atomic mass is 9.88. The van der Waals surface area contributed by atoms with Crippen LogP contribution in [0.1, 0.15) is 29.9 Å². The number of nitrogens with zero attached hydrogens (tertiary/aromatic N) is 3. The molecule has 1 saturated heterocycles. The van der Waals surface area contributed by atoms with Gasteiger partial charge in [0.25, 0.3) is 5.91 Å². The quantitative estimate of drug-likeness (QED) is 0.689. The second-order valence-corrected chi connectivity index (χ2v) is 8.11. The maximum atomic E-state index is 13.0. The standard InChI is InChI=1S/C25H25N5O/c26-24-22-14-19(4-3-18(22)7-11-28-24)17-8-12-30(13-9-17)25(31)21-5-6-23(29-16-21)20-2-1-10-27-15-20/h1-7,10-11,14-15,17,29H,8-9,12-13,16H2,(H2,26,28). The first-order chi connectivity index (χ1) is 15.2. The van der Waals surface area contributed by atoms with Crippen LogP contribution < -0.4 is 11.1 Å². The van der Waals surface area contributed by atoms with Crippen LogP contribution >= 0.6 is 0 Å². The molecule has 4 heterocycles. The number of likely N-dealkylation sites (tertiary alicyclic amines) is 1. The molecule has 1 amide bonds. The average molecular weight is 412 g/mol. The Balaban J connectivity index is 1.25. The van der Waals surface area contributed by atoms with Crippen molar-refractivity contribution in [3.8, 4) is 0 Å². The third-order valence-corrected chi connectivity index (χ3v) is 6.24. The number of aromatic nitrogens is 2. The minimum atomic E-state index is 0.124. The van der Waals surface area contributed by atoms with Crippen LogP contribution in [0.2, 0.25) is 0 Å². The molecular weight excluding hydrogens is 386 g/mol. The maximum Gasteiger partial charge on any atom is 0.251 e. The summed E-state index contributed by atoms with van der Waals surface area (Å²) in [7, 11) is 0. The Morgan fingerprint density at radius 3 is 2.71 bits per heavy atom. The van der Waals surface area contributed by atoms with E-state index in [1.165, 1.54) is 5.56 Å². The maximum absolute atomic E-state index is 13.0. The SMILES string of the molecule is Nc1nccc2ccc(C3CCN(C(=O)C4=CC=C(c5cccnc5)NC4)CC3)cc12. The Bertz CT molecular complexity index is 1180. The molecule has 6 nitrogen and oxygen atoms in total. The Labute approximate surface area is 181 Å². The van der Waals surface area contributed by atoms with Gasteiger partial charge in [0.15, 0.2) is 0 Å². The van der Waals surface area contributed by atoms with E-state index in [4.69, 9.17) is 5.73 Å². The Hall–Kier alpha value is -3.67. The number of nitrogens with two attached hydrogens (primary N) is 1. The van der Waals surface area contributed by atoms with Gasteiger partial charge >= 0.3 is 0 Å². The van der Waals surface area contributed by atoms with Gasteiger partial charge in [-0.05, 0) is 66.1 Å². The van der Waals surface area contributed by atoms with Gasteiger partial charge in [0.1, 0.15) is 5.82 Å². The van der Waals surface area contributed by atoms with E-state index >= 15 is 0 Å². The number of hydrogen-bond donors (Lipinski definition) is 2. The molecule has 1 fully saturated rings. The molecule has 1 aromatic carbocycles. The van der Waals surface area contributed by atoms with Gasteiger partial charge in [-0.1, -0.05) is 12.1 Å². The number of allylic oxidation sites excluding steroid dienone is 2. The first-order valence-corrected chi connectivity index (χ1v) is 10.7. The molecule has 156 valence electrons. The summed E-state index contributed by atoms with van der Waals surface area (Å²) in [6.07, 6.45) is 11.1. The zero-order valence-electron chi connectivity index (χ0n) is 17.3. The zero-order valence-corrected chi connectivity index (χ0v) is 17.3. The fourth-order valence-electron chi connectivity index (χ4n) is 4.44. The van der Waals surface area contributed by atoms with Gasteiger partial charge in [-0.15, -0.1) is 0 Å². The summed E-state index contributed by atoms with van der Waals surface area (Å²) in [4.78, 5) is 23.3. The average Bonchev–Trinajstić information content (AvgIpc) is 2.84. The molecule has 31 heavy (non-hydrogen) atoms. The molecule has 3 N–H and O–H groups in total. The van der Waals surface area contributed by atoms with Gasteiger partial charge in [0.2, 0.25) is 0 Å². The second kappa shape index (κ2) is 8.22. The molecule has 5 rings (SSSR count). The fraction of sp³-hybridized carbons (Fsp3) is 0.240. The molecule has 0 saturated carbocycles. The number of benzene rings is 1. The molecule has 0 radical (unpaired) electrons. The summed E-state index contributed by atoms with van der Waals surface area (Å²) in [6.45, 7) is 2.07. The highest BCUT2D eigenvalue weighted by molar-refractivity contribution is 5.95. The number of anilines is 1. The van der Waals surface area contributed by atoms with Gasteiger partial charge in [0.05, 0.1) is 0 Å². The monoisotopic (exact) mass is 411 g/mol. The van der Waals surface area contributed by atoms with Gasteiger partial charge in [-0.25, -0.2) is 4.98 Å². The molecule has 0 spiro atoms. The lowest BCUT2D eigenvalue weighted by molar-refractivity contribution is -0.128. The first kappa shape index (κ1) is 19.3. The Morgan fingerprint density at radius 2 is 1.97 bits per heavy atom. The van der Waals surface area contributed by atoms with Gasteiger partial charge in [-0.2, -0.15) is 0 Å². The number of dihydropyridines is 1. The lowest BCUT2D eigenvalue weighted by Gasteiger charge is -2.33. The van der Waals surface area contributed by atoms with E-state index in [0.29, 0.717) is 18.3 Å². The number of carbonyl (C=O) groups excluding carboxylic acids is 1. The van der Waals surface area contributed by atoms with Crippen molar-refractivity contribution in [3.63, 3.8) is 0 Å². The van der Waals surface area contributed by atoms with Crippen LogP contribution in [0.25, 0.3) is 16.5 Å². The normalized spacial score (nSPS) is 17.1. The van der Waals surface area contributed by atoms with Gasteiger partial charge in [0, 0.05) is 60.4 Å². The summed E-state index contributed by atoms with van der Waals surface area (Å²) in [5, 5.41) is 5.47. The largest absolute Gasteiger partial charge is 0.383 e. The van der Waals surface area contributed by atoms with Crippen LogP contribution in [0.5, 0.6) is 0 Å². The van der Waals surface area contributed by atoms with Crippen molar-refractivity contribution in [3.05, 3.63) is 83.8 Å². The molecule has 2 aromatic heterocycles. The number of piperidine rings is 1. The Kier molecular flexibility index (Phi) is 5.12. The highest BCUT2D eigenvalue weighted by Crippen LogP contribution is 2.32. The molecule has 0 aliphatic carbocycles. The van der Waals surface area contributed by atoms with Crippen molar-refractivity contribution >= 4 is 28.2 Å². The number of fused-ring (bicyclic) bond motifs is 1. The molecule has 3 aromatic rings. The highest BCUT2D eigenvalue weighted by Gasteiger charge is 2.26. The van der Waals surface area contributed by atoms with Crippen LogP contribution in [-0.2, 0) is 4.79 Å². The highest BCUT2D eigenvalue weighted by atomic mass is 16.2. The summed E-state index contributed by atoms with van der Waals surface area (Å²) >= 11 is 0. The number of nitrogens with one attached hydrogen (secondary N) is 1. The van der Waals surface area contributed by atoms with E-state index in [1.54, 1.807) is 12.4 Å². The van der Waals surface area contributed by atoms with E-state index in [-0.39, 0.29) is 5.91 Å². The van der Waals surface area contributed by atoms with E-state index in [9.17, 15) is 4.79 Å². The number of nitrogen functional groups attached to an aromatic ring is 1. The van der Waals surface area contributed by atoms with Crippen molar-refractivity contribution in [2.24, 2.45) is 0 Å². The topological polar surface area (TPSA) is 84.1 Å². The number of hydrogen-bond acceptors (Lipinski definition) is 5. The third-order valence-electron chi connectivity index (χ3n) is 6.24. The van der Waals surface area contributed by atoms with Crippen molar-refractivity contribution < 1.29 is 4.79 Å². The molecule has 0 unspecified atom stereocenters. The van der Waals surface area contributed by atoms with Gasteiger partial charge < -0.3 is 16.0 Å². The van der Waals surface area contributed by atoms with E-state index in [0.717, 1.165) is 53.5 Å². The molecule has 6 heteroatoms. The van der Waals surface area contributed by atoms with Crippen molar-refractivity contribution in [2.45, 2.75) is 18.8 Å². The van der Waals surface area contributed by atoms with Crippen LogP contribution in [0.15, 0.2) is 72.7 Å². The van der Waals surface area contributed by atoms with E-state index in [1.807, 2.05) is 41.4 Å². The van der Waals surface area contributed by atoms with Crippen LogP contribution in [0.4, 0.5) is 5.82 Å². The molecule has 0 atom stereocenters. The number of rotatable bonds is 3. The summed E-state index contributed by atoms with van der Waals surface area (Å²) in [6, 6.07) is 12.4. The predicted molar refractivity (Wildman–Crippen MR) is 123 cm³/mol. The fourth-order valence-corrected chi connectivity index (χ4v) is 4.44. The van der Waals surface area contributed by atoms with Crippen molar-refractivity contribution in [2.75, 3.05) is 25.4 Å². The van der Waals surface area contributed by atoms with Crippen molar-refractivity contribution in [1.29, 1.82) is 0 Å². The molecular formula is C25H25N5O. The summed E-state index contributed by atoms with van der Waals surface area (Å²) in [5.74, 6) is 1.13. The smallest absolute Gasteiger partial charge is 0.251 e. The second-order valence-electron chi connectivity index (χ2n) is 8.11. The van der Waals surface area contributed by atoms with E-state index in [2.05, 4.69) is 33.5 Å². The van der Waals surface area contributed by atoms with Crippen molar-refractivity contribution in [1.82, 2.24) is 20.2 Å². The summed E-state index contributed by atoms with van der Waals surface area (Å²) < 4.78 is 0. The third kappa shape index (κ3) is 3.89. The number of pyridine rings is 2.